The molecule has 0 amide bonds. The van der Waals surface area contributed by atoms with Gasteiger partial charge in [0.1, 0.15) is 11.9 Å². The van der Waals surface area contributed by atoms with E-state index in [9.17, 15) is 0 Å². The Labute approximate surface area is 38.3 Å². The predicted molar refractivity (Wildman–Crippen MR) is 16.0 cm³/mol. The molecule has 0 atom stereocenters. The molecule has 0 aliphatic heterocycles. The molecule has 0 heterocycles. The minimum Gasteiger partial charge on any atom is -0.448 e. The van der Waals surface area contributed by atoms with Crippen LogP contribution in [-0.2, 0) is 9.33 Å². The molecule has 6 heavy (non-hydrogen) atoms. The summed E-state index contributed by atoms with van der Waals surface area (Å²) in [4.78, 5) is 12.4. The first-order valence-electron chi connectivity index (χ1n) is 0.953. The lowest BCUT2D eigenvalue weighted by Gasteiger charge is -1.81. The van der Waals surface area contributed by atoms with Crippen molar-refractivity contribution in [2.45, 2.75) is 0 Å². The van der Waals surface area contributed by atoms with Crippen LogP contribution in [0.25, 0.3) is 0 Å². The summed E-state index contributed by atoms with van der Waals surface area (Å²) in [6.45, 7) is 0. The van der Waals surface area contributed by atoms with Crippen LogP contribution in [-0.4, -0.2) is 11.3 Å². The van der Waals surface area contributed by atoms with E-state index in [4.69, 9.17) is 9.90 Å². The van der Waals surface area contributed by atoms with Crippen LogP contribution in [0, 0.1) is 0 Å². The molecule has 0 aromatic heterocycles. The Hall–Kier alpha value is -0.480. The third-order valence-corrected chi connectivity index (χ3v) is 0.166. The highest BCUT2D eigenvalue weighted by Gasteiger charge is 1.90. The maximum absolute atomic E-state index is 9.17. The van der Waals surface area contributed by atoms with Gasteiger partial charge in [-0.05, 0) is 0 Å². The summed E-state index contributed by atoms with van der Waals surface area (Å²) < 4.78 is 3.18. The van der Waals surface area contributed by atoms with Crippen LogP contribution >= 0.6 is 11.9 Å². The van der Waals surface area contributed by atoms with Crippen molar-refractivity contribution in [1.29, 1.82) is 0 Å². The summed E-state index contributed by atoms with van der Waals surface area (Å²) >= 11 is 4.29. The second kappa shape index (κ2) is 2.74. The van der Waals surface area contributed by atoms with E-state index in [1.807, 2.05) is 0 Å². The molecular formula is CHClO4. The molecule has 0 fully saturated rings. The maximum Gasteiger partial charge on any atom is 0.539 e. The van der Waals surface area contributed by atoms with Crippen molar-refractivity contribution < 1.29 is 19.2 Å². The van der Waals surface area contributed by atoms with Crippen LogP contribution in [0.5, 0.6) is 0 Å². The molecule has 0 saturated heterocycles. The summed E-state index contributed by atoms with van der Waals surface area (Å²) in [7, 11) is 0. The highest BCUT2D eigenvalue weighted by Crippen LogP contribution is 1.80. The molecule has 0 spiro atoms. The standard InChI is InChI=1S/CHClO4/c2-6-5-1(3)4/h(H,3,4). The Kier molecular flexibility index (Phi) is 2.52. The van der Waals surface area contributed by atoms with Gasteiger partial charge >= 0.3 is 6.16 Å². The Morgan fingerprint density at radius 3 is 2.33 bits per heavy atom. The molecular weight excluding hydrogens is 111 g/mol. The molecule has 36 valence electrons. The first-order chi connectivity index (χ1) is 2.77. The molecule has 4 nitrogen and oxygen atoms in total. The van der Waals surface area contributed by atoms with Crippen LogP contribution < -0.4 is 0 Å². The fourth-order valence-corrected chi connectivity index (χ4v) is 0.0808. The highest BCUT2D eigenvalue weighted by atomic mass is 35.5. The fraction of sp³-hybridized carbons (Fsp3) is 0. The summed E-state index contributed by atoms with van der Waals surface area (Å²) in [5.41, 5.74) is 0. The third-order valence-electron chi connectivity index (χ3n) is 0.103. The van der Waals surface area contributed by atoms with E-state index in [0.717, 1.165) is 0 Å². The van der Waals surface area contributed by atoms with E-state index < -0.39 is 6.16 Å². The molecule has 5 heteroatoms. The molecule has 1 N–H and O–H groups in total. The van der Waals surface area contributed by atoms with E-state index in [0.29, 0.717) is 0 Å². The van der Waals surface area contributed by atoms with Crippen molar-refractivity contribution in [2.24, 2.45) is 0 Å². The van der Waals surface area contributed by atoms with Gasteiger partial charge in [-0.3, -0.25) is 0 Å². The summed E-state index contributed by atoms with van der Waals surface area (Å²) in [5.74, 6) is 0. The van der Waals surface area contributed by atoms with Crippen molar-refractivity contribution >= 4 is 18.0 Å². The van der Waals surface area contributed by atoms with Crippen molar-refractivity contribution in [3.63, 3.8) is 0 Å². The van der Waals surface area contributed by atoms with Gasteiger partial charge in [0.15, 0.2) is 0 Å². The lowest BCUT2D eigenvalue weighted by atomic mass is 11.5. The van der Waals surface area contributed by atoms with Gasteiger partial charge in [0.2, 0.25) is 0 Å². The van der Waals surface area contributed by atoms with Gasteiger partial charge in [-0.2, -0.15) is 0 Å². The van der Waals surface area contributed by atoms with E-state index >= 15 is 0 Å². The Bertz CT molecular complexity index is 51.5. The first-order valence-corrected chi connectivity index (χ1v) is 1.26. The van der Waals surface area contributed by atoms with Crippen LogP contribution in [0.15, 0.2) is 0 Å². The van der Waals surface area contributed by atoms with Crippen LogP contribution in [0.1, 0.15) is 0 Å². The van der Waals surface area contributed by atoms with Gasteiger partial charge in [-0.15, -0.1) is 0 Å². The van der Waals surface area contributed by atoms with E-state index in [2.05, 4.69) is 21.2 Å². The normalized spacial score (nSPS) is 7.50. The second-order valence-electron chi connectivity index (χ2n) is 0.412. The summed E-state index contributed by atoms with van der Waals surface area (Å²) in [6.07, 6.45) is -1.56. The zero-order chi connectivity index (χ0) is 4.99. The van der Waals surface area contributed by atoms with Crippen molar-refractivity contribution in [2.75, 3.05) is 0 Å². The third kappa shape index (κ3) is 3.52. The van der Waals surface area contributed by atoms with Gasteiger partial charge in [0.25, 0.3) is 0 Å². The molecule has 0 radical (unpaired) electrons. The van der Waals surface area contributed by atoms with Crippen molar-refractivity contribution in [3.05, 3.63) is 0 Å². The Morgan fingerprint density at radius 1 is 1.83 bits per heavy atom. The number of hydrogen-bond acceptors (Lipinski definition) is 3. The minimum atomic E-state index is -1.56. The Morgan fingerprint density at radius 2 is 2.33 bits per heavy atom. The quantitative estimate of drug-likeness (QED) is 0.402. The van der Waals surface area contributed by atoms with Crippen molar-refractivity contribution in [1.82, 2.24) is 0 Å². The summed E-state index contributed by atoms with van der Waals surface area (Å²) in [5, 5.41) is 7.48. The SMILES string of the molecule is O=C(O)OOCl. The maximum atomic E-state index is 9.17. The molecule has 0 aromatic rings. The highest BCUT2D eigenvalue weighted by molar-refractivity contribution is 6.07. The van der Waals surface area contributed by atoms with Crippen LogP contribution in [0.2, 0.25) is 0 Å². The van der Waals surface area contributed by atoms with E-state index in [-0.39, 0.29) is 0 Å². The number of rotatable bonds is 1. The molecule has 0 saturated carbocycles. The average Bonchev–Trinajstić information content (AvgIpc) is 1.35. The summed E-state index contributed by atoms with van der Waals surface area (Å²) in [6, 6.07) is 0. The smallest absolute Gasteiger partial charge is 0.448 e. The number of hydrogen-bond donors (Lipinski definition) is 1. The number of carboxylic acid groups (broad SMARTS) is 1. The van der Waals surface area contributed by atoms with Gasteiger partial charge in [-0.1, -0.05) is 4.44 Å². The van der Waals surface area contributed by atoms with Gasteiger partial charge in [-0.25, -0.2) is 9.68 Å². The molecule has 0 aromatic carbocycles. The first kappa shape index (κ1) is 5.52. The molecule has 0 aliphatic rings. The van der Waals surface area contributed by atoms with Gasteiger partial charge < -0.3 is 5.11 Å². The lowest BCUT2D eigenvalue weighted by molar-refractivity contribution is -0.155. The van der Waals surface area contributed by atoms with E-state index in [1.54, 1.807) is 0 Å². The molecule has 0 bridgehead atoms. The molecule has 0 aliphatic carbocycles. The second-order valence-corrected chi connectivity index (χ2v) is 0.538. The van der Waals surface area contributed by atoms with Crippen LogP contribution in [0.3, 0.4) is 0 Å². The Balaban J connectivity index is 2.83. The van der Waals surface area contributed by atoms with Gasteiger partial charge in [0, 0.05) is 0 Å². The number of halogens is 1. The van der Waals surface area contributed by atoms with Crippen molar-refractivity contribution in [3.8, 4) is 0 Å². The zero-order valence-electron chi connectivity index (χ0n) is 2.55. The minimum absolute atomic E-state index is 1.56. The number of carbonyl (C=O) groups is 1. The molecule has 0 rings (SSSR count). The fourth-order valence-electron chi connectivity index (χ4n) is 0.0269. The van der Waals surface area contributed by atoms with E-state index in [1.165, 1.54) is 0 Å². The van der Waals surface area contributed by atoms with Crippen LogP contribution in [0.4, 0.5) is 4.79 Å². The largest absolute Gasteiger partial charge is 0.539 e. The predicted octanol–water partition coefficient (Wildman–Crippen LogP) is 0.766. The van der Waals surface area contributed by atoms with Gasteiger partial charge in [0.05, 0.1) is 0 Å². The lowest BCUT2D eigenvalue weighted by Crippen LogP contribution is -1.93. The zero-order valence-corrected chi connectivity index (χ0v) is 3.31. The molecule has 0 unspecified atom stereocenters. The topological polar surface area (TPSA) is 55.8 Å². The monoisotopic (exact) mass is 112 g/mol. The average molecular weight is 112 g/mol.